The Morgan fingerprint density at radius 3 is 3.07 bits per heavy atom. The van der Waals surface area contributed by atoms with E-state index in [1.54, 1.807) is 6.20 Å². The zero-order valence-electron chi connectivity index (χ0n) is 8.53. The SMILES string of the molecule is c1cnc2c(c1)OC1(CCNCC1)CO2. The van der Waals surface area contributed by atoms with Crippen LogP contribution in [-0.4, -0.2) is 30.3 Å². The number of pyridine rings is 1. The smallest absolute Gasteiger partial charge is 0.257 e. The van der Waals surface area contributed by atoms with Gasteiger partial charge in [-0.05, 0) is 25.2 Å². The van der Waals surface area contributed by atoms with Crippen LogP contribution in [0.25, 0.3) is 0 Å². The van der Waals surface area contributed by atoms with Crippen molar-refractivity contribution in [1.82, 2.24) is 10.3 Å². The lowest BCUT2D eigenvalue weighted by Crippen LogP contribution is -2.52. The van der Waals surface area contributed by atoms with E-state index in [0.717, 1.165) is 31.7 Å². The molecule has 1 saturated heterocycles. The zero-order chi connectivity index (χ0) is 10.1. The number of fused-ring (bicyclic) bond motifs is 1. The van der Waals surface area contributed by atoms with Gasteiger partial charge in [-0.15, -0.1) is 0 Å². The van der Waals surface area contributed by atoms with E-state index in [2.05, 4.69) is 10.3 Å². The van der Waals surface area contributed by atoms with Crippen LogP contribution in [0.15, 0.2) is 18.3 Å². The molecule has 0 atom stereocenters. The van der Waals surface area contributed by atoms with Gasteiger partial charge in [-0.2, -0.15) is 0 Å². The molecule has 0 bridgehead atoms. The Balaban J connectivity index is 1.87. The van der Waals surface area contributed by atoms with Crippen molar-refractivity contribution in [3.63, 3.8) is 0 Å². The molecule has 80 valence electrons. The topological polar surface area (TPSA) is 43.4 Å². The normalized spacial score (nSPS) is 22.7. The number of piperidine rings is 1. The van der Waals surface area contributed by atoms with E-state index in [9.17, 15) is 0 Å². The van der Waals surface area contributed by atoms with Crippen molar-refractivity contribution in [3.05, 3.63) is 18.3 Å². The highest BCUT2D eigenvalue weighted by Crippen LogP contribution is 2.36. The van der Waals surface area contributed by atoms with Crippen molar-refractivity contribution < 1.29 is 9.47 Å². The number of rotatable bonds is 0. The van der Waals surface area contributed by atoms with Crippen LogP contribution in [0.1, 0.15) is 12.8 Å². The number of nitrogens with one attached hydrogen (secondary N) is 1. The Hall–Kier alpha value is -1.29. The van der Waals surface area contributed by atoms with Gasteiger partial charge in [0, 0.05) is 19.0 Å². The van der Waals surface area contributed by atoms with Crippen molar-refractivity contribution in [3.8, 4) is 11.6 Å². The number of ether oxygens (including phenoxy) is 2. The quantitative estimate of drug-likeness (QED) is 0.687. The minimum atomic E-state index is -0.124. The predicted molar refractivity (Wildman–Crippen MR) is 55.2 cm³/mol. The van der Waals surface area contributed by atoms with Crippen LogP contribution >= 0.6 is 0 Å². The molecule has 4 heteroatoms. The first-order chi connectivity index (χ1) is 7.38. The monoisotopic (exact) mass is 206 g/mol. The summed E-state index contributed by atoms with van der Waals surface area (Å²) in [5.74, 6) is 1.41. The largest absolute Gasteiger partial charge is 0.478 e. The minimum Gasteiger partial charge on any atom is -0.478 e. The third kappa shape index (κ3) is 1.55. The lowest BCUT2D eigenvalue weighted by molar-refractivity contribution is -0.0328. The average molecular weight is 206 g/mol. The van der Waals surface area contributed by atoms with E-state index in [4.69, 9.17) is 9.47 Å². The number of hydrogen-bond acceptors (Lipinski definition) is 4. The van der Waals surface area contributed by atoms with Crippen molar-refractivity contribution in [2.75, 3.05) is 19.7 Å². The average Bonchev–Trinajstić information content (AvgIpc) is 2.30. The summed E-state index contributed by atoms with van der Waals surface area (Å²) < 4.78 is 11.7. The summed E-state index contributed by atoms with van der Waals surface area (Å²) in [4.78, 5) is 4.13. The van der Waals surface area contributed by atoms with Crippen molar-refractivity contribution >= 4 is 0 Å². The summed E-state index contributed by atoms with van der Waals surface area (Å²) in [5.41, 5.74) is -0.124. The highest BCUT2D eigenvalue weighted by atomic mass is 16.6. The molecule has 15 heavy (non-hydrogen) atoms. The maximum Gasteiger partial charge on any atom is 0.257 e. The fraction of sp³-hybridized carbons (Fsp3) is 0.545. The minimum absolute atomic E-state index is 0.124. The van der Waals surface area contributed by atoms with Gasteiger partial charge < -0.3 is 14.8 Å². The molecule has 0 saturated carbocycles. The molecule has 2 aliphatic heterocycles. The molecular formula is C11H14N2O2. The summed E-state index contributed by atoms with van der Waals surface area (Å²) in [7, 11) is 0. The number of aromatic nitrogens is 1. The highest BCUT2D eigenvalue weighted by molar-refractivity contribution is 5.35. The first-order valence-corrected chi connectivity index (χ1v) is 5.36. The van der Waals surface area contributed by atoms with Crippen molar-refractivity contribution in [1.29, 1.82) is 0 Å². The summed E-state index contributed by atoms with van der Waals surface area (Å²) in [5, 5.41) is 3.33. The second-order valence-corrected chi connectivity index (χ2v) is 4.13. The van der Waals surface area contributed by atoms with Gasteiger partial charge in [0.1, 0.15) is 12.2 Å². The Kier molecular flexibility index (Phi) is 2.02. The van der Waals surface area contributed by atoms with E-state index in [-0.39, 0.29) is 5.60 Å². The van der Waals surface area contributed by atoms with Crippen LogP contribution in [-0.2, 0) is 0 Å². The molecule has 3 heterocycles. The molecular weight excluding hydrogens is 192 g/mol. The highest BCUT2D eigenvalue weighted by Gasteiger charge is 2.39. The molecule has 0 aliphatic carbocycles. The lowest BCUT2D eigenvalue weighted by atomic mass is 9.92. The van der Waals surface area contributed by atoms with Crippen LogP contribution in [0.4, 0.5) is 0 Å². The van der Waals surface area contributed by atoms with E-state index >= 15 is 0 Å². The molecule has 0 unspecified atom stereocenters. The third-order valence-corrected chi connectivity index (χ3v) is 3.05. The molecule has 0 radical (unpaired) electrons. The molecule has 3 rings (SSSR count). The molecule has 1 aromatic rings. The first-order valence-electron chi connectivity index (χ1n) is 5.36. The van der Waals surface area contributed by atoms with E-state index in [1.165, 1.54) is 0 Å². The van der Waals surface area contributed by atoms with Crippen LogP contribution in [0.5, 0.6) is 11.6 Å². The van der Waals surface area contributed by atoms with Crippen LogP contribution in [0.2, 0.25) is 0 Å². The molecule has 2 aliphatic rings. The van der Waals surface area contributed by atoms with Crippen LogP contribution < -0.4 is 14.8 Å². The van der Waals surface area contributed by atoms with Gasteiger partial charge in [0.05, 0.1) is 0 Å². The molecule has 4 nitrogen and oxygen atoms in total. The van der Waals surface area contributed by atoms with E-state index in [0.29, 0.717) is 12.5 Å². The molecule has 1 N–H and O–H groups in total. The van der Waals surface area contributed by atoms with Gasteiger partial charge in [-0.3, -0.25) is 0 Å². The van der Waals surface area contributed by atoms with Crippen LogP contribution in [0.3, 0.4) is 0 Å². The Labute approximate surface area is 88.6 Å². The van der Waals surface area contributed by atoms with Crippen molar-refractivity contribution in [2.45, 2.75) is 18.4 Å². The van der Waals surface area contributed by atoms with Crippen LogP contribution in [0, 0.1) is 0 Å². The predicted octanol–water partition coefficient (Wildman–Crippen LogP) is 0.975. The summed E-state index contributed by atoms with van der Waals surface area (Å²) in [6.45, 7) is 2.62. The summed E-state index contributed by atoms with van der Waals surface area (Å²) >= 11 is 0. The fourth-order valence-electron chi connectivity index (χ4n) is 2.15. The Morgan fingerprint density at radius 2 is 2.20 bits per heavy atom. The zero-order valence-corrected chi connectivity index (χ0v) is 8.53. The van der Waals surface area contributed by atoms with E-state index in [1.807, 2.05) is 12.1 Å². The molecule has 1 fully saturated rings. The second kappa shape index (κ2) is 3.38. The second-order valence-electron chi connectivity index (χ2n) is 4.13. The van der Waals surface area contributed by atoms with Gasteiger partial charge in [-0.1, -0.05) is 0 Å². The maximum absolute atomic E-state index is 6.03. The van der Waals surface area contributed by atoms with E-state index < -0.39 is 0 Å². The maximum atomic E-state index is 6.03. The molecule has 1 aromatic heterocycles. The third-order valence-electron chi connectivity index (χ3n) is 3.05. The first kappa shape index (κ1) is 8.97. The van der Waals surface area contributed by atoms with Gasteiger partial charge in [0.2, 0.25) is 0 Å². The number of nitrogens with zero attached hydrogens (tertiary/aromatic N) is 1. The van der Waals surface area contributed by atoms with Gasteiger partial charge >= 0.3 is 0 Å². The molecule has 1 spiro atoms. The lowest BCUT2D eigenvalue weighted by Gasteiger charge is -2.40. The Morgan fingerprint density at radius 1 is 1.33 bits per heavy atom. The fourth-order valence-corrected chi connectivity index (χ4v) is 2.15. The van der Waals surface area contributed by atoms with Crippen molar-refractivity contribution in [2.24, 2.45) is 0 Å². The van der Waals surface area contributed by atoms with Gasteiger partial charge in [-0.25, -0.2) is 4.98 Å². The standard InChI is InChI=1S/C11H14N2O2/c1-2-9-10(13-5-1)14-8-11(15-9)3-6-12-7-4-11/h1-2,5,12H,3-4,6-8H2. The van der Waals surface area contributed by atoms with Gasteiger partial charge in [0.15, 0.2) is 5.75 Å². The number of hydrogen-bond donors (Lipinski definition) is 1. The molecule has 0 amide bonds. The Bertz CT molecular complexity index is 361. The molecule has 0 aromatic carbocycles. The van der Waals surface area contributed by atoms with Gasteiger partial charge in [0.25, 0.3) is 5.88 Å². The summed E-state index contributed by atoms with van der Waals surface area (Å²) in [6, 6.07) is 3.80. The summed E-state index contributed by atoms with van der Waals surface area (Å²) in [6.07, 6.45) is 3.73.